The van der Waals surface area contributed by atoms with Crippen molar-refractivity contribution < 1.29 is 20.1 Å². The molecule has 1 heterocycles. The summed E-state index contributed by atoms with van der Waals surface area (Å²) in [5.74, 6) is -1.52. The van der Waals surface area contributed by atoms with Gasteiger partial charge in [-0.25, -0.2) is 9.78 Å². The molecule has 5 nitrogen and oxygen atoms in total. The van der Waals surface area contributed by atoms with Crippen molar-refractivity contribution in [3.05, 3.63) is 41.0 Å². The molecule has 2 atom stereocenters. The molecule has 0 radical (unpaired) electrons. The minimum Gasteiger partial charge on any atom is -0.479 e. The number of halogens is 1. The number of carboxylic acids is 1. The van der Waals surface area contributed by atoms with E-state index in [0.29, 0.717) is 10.9 Å². The summed E-state index contributed by atoms with van der Waals surface area (Å²) in [6.45, 7) is 0. The third kappa shape index (κ3) is 2.28. The quantitative estimate of drug-likeness (QED) is 0.731. The van der Waals surface area contributed by atoms with Crippen LogP contribution < -0.4 is 0 Å². The van der Waals surface area contributed by atoms with Crippen LogP contribution in [-0.4, -0.2) is 32.4 Å². The van der Waals surface area contributed by atoms with Crippen molar-refractivity contribution in [1.29, 1.82) is 0 Å². The molecule has 0 amide bonds. The first kappa shape index (κ1) is 12.8. The van der Waals surface area contributed by atoms with E-state index in [9.17, 15) is 15.0 Å². The molecule has 0 aliphatic rings. The molecular formula is C12H10ClNO4. The Balaban J connectivity index is 2.50. The zero-order valence-electron chi connectivity index (χ0n) is 9.12. The number of nitrogens with zero attached hydrogens (tertiary/aromatic N) is 1. The average molecular weight is 268 g/mol. The molecule has 0 fully saturated rings. The number of aliphatic hydroxyl groups is 2. The van der Waals surface area contributed by atoms with Gasteiger partial charge >= 0.3 is 5.97 Å². The van der Waals surface area contributed by atoms with E-state index in [4.69, 9.17) is 16.7 Å². The molecule has 18 heavy (non-hydrogen) atoms. The number of aromatic nitrogens is 1. The minimum atomic E-state index is -1.94. The third-order valence-electron chi connectivity index (χ3n) is 2.58. The number of aliphatic carboxylic acids is 1. The highest BCUT2D eigenvalue weighted by molar-refractivity contribution is 6.30. The molecule has 2 rings (SSSR count). The van der Waals surface area contributed by atoms with Gasteiger partial charge in [-0.3, -0.25) is 0 Å². The fourth-order valence-electron chi connectivity index (χ4n) is 1.62. The molecule has 0 saturated heterocycles. The van der Waals surface area contributed by atoms with Crippen molar-refractivity contribution in [3.63, 3.8) is 0 Å². The molecule has 0 bridgehead atoms. The first-order chi connectivity index (χ1) is 8.50. The predicted octanol–water partition coefficient (Wildman–Crippen LogP) is 1.37. The number of benzene rings is 1. The monoisotopic (exact) mass is 267 g/mol. The molecule has 6 heteroatoms. The van der Waals surface area contributed by atoms with Crippen LogP contribution in [0.15, 0.2) is 30.3 Å². The number of pyridine rings is 1. The van der Waals surface area contributed by atoms with Crippen LogP contribution in [-0.2, 0) is 4.79 Å². The summed E-state index contributed by atoms with van der Waals surface area (Å²) in [6.07, 6.45) is -3.56. The van der Waals surface area contributed by atoms with Gasteiger partial charge in [0.25, 0.3) is 0 Å². The number of aliphatic hydroxyl groups excluding tert-OH is 2. The first-order valence-corrected chi connectivity index (χ1v) is 5.52. The Morgan fingerprint density at radius 1 is 1.28 bits per heavy atom. The second-order valence-electron chi connectivity index (χ2n) is 3.79. The van der Waals surface area contributed by atoms with Crippen molar-refractivity contribution >= 4 is 28.5 Å². The van der Waals surface area contributed by atoms with Gasteiger partial charge in [0, 0.05) is 10.9 Å². The van der Waals surface area contributed by atoms with Crippen LogP contribution in [0.5, 0.6) is 0 Å². The fraction of sp³-hybridized carbons (Fsp3) is 0.167. The zero-order chi connectivity index (χ0) is 13.3. The van der Waals surface area contributed by atoms with E-state index in [1.807, 2.05) is 0 Å². The number of hydrogen-bond acceptors (Lipinski definition) is 4. The molecule has 2 unspecified atom stereocenters. The molecule has 0 spiro atoms. The smallest absolute Gasteiger partial charge is 0.335 e. The van der Waals surface area contributed by atoms with Gasteiger partial charge in [0.15, 0.2) is 6.10 Å². The highest BCUT2D eigenvalue weighted by atomic mass is 35.5. The van der Waals surface area contributed by atoms with Gasteiger partial charge in [0.1, 0.15) is 11.3 Å². The second kappa shape index (κ2) is 4.89. The van der Waals surface area contributed by atoms with Crippen molar-refractivity contribution in [2.75, 3.05) is 0 Å². The van der Waals surface area contributed by atoms with Crippen LogP contribution in [0.1, 0.15) is 11.7 Å². The highest BCUT2D eigenvalue weighted by Crippen LogP contribution is 2.27. The standard InChI is InChI=1S/C12H10ClNO4/c13-11-7(9(15)10(16)12(17)18)5-6-3-1-2-4-8(6)14-11/h1-5,9-10,15-16H,(H,17,18). The third-order valence-corrected chi connectivity index (χ3v) is 2.88. The lowest BCUT2D eigenvalue weighted by Gasteiger charge is -2.15. The normalized spacial score (nSPS) is 14.4. The van der Waals surface area contributed by atoms with E-state index in [0.717, 1.165) is 0 Å². The van der Waals surface area contributed by atoms with Gasteiger partial charge < -0.3 is 15.3 Å². The van der Waals surface area contributed by atoms with E-state index < -0.39 is 18.2 Å². The van der Waals surface area contributed by atoms with Crippen molar-refractivity contribution in [3.8, 4) is 0 Å². The van der Waals surface area contributed by atoms with E-state index >= 15 is 0 Å². The molecule has 1 aromatic carbocycles. The molecule has 0 aliphatic heterocycles. The van der Waals surface area contributed by atoms with Gasteiger partial charge in [-0.15, -0.1) is 0 Å². The number of para-hydroxylation sites is 1. The summed E-state index contributed by atoms with van der Waals surface area (Å²) in [7, 11) is 0. The number of rotatable bonds is 3. The average Bonchev–Trinajstić information content (AvgIpc) is 2.36. The SMILES string of the molecule is O=C(O)C(O)C(O)c1cc2ccccc2nc1Cl. The van der Waals surface area contributed by atoms with Gasteiger partial charge in [-0.1, -0.05) is 29.8 Å². The fourth-order valence-corrected chi connectivity index (χ4v) is 1.88. The maximum atomic E-state index is 10.6. The summed E-state index contributed by atoms with van der Waals surface area (Å²) in [6, 6.07) is 8.57. The molecule has 0 saturated carbocycles. The maximum absolute atomic E-state index is 10.6. The van der Waals surface area contributed by atoms with Gasteiger partial charge in [0.2, 0.25) is 0 Å². The van der Waals surface area contributed by atoms with Crippen molar-refractivity contribution in [1.82, 2.24) is 4.98 Å². The molecule has 94 valence electrons. The van der Waals surface area contributed by atoms with Crippen LogP contribution in [0.2, 0.25) is 5.15 Å². The molecule has 0 aliphatic carbocycles. The lowest BCUT2D eigenvalue weighted by Crippen LogP contribution is -2.27. The molecule has 3 N–H and O–H groups in total. The topological polar surface area (TPSA) is 90.7 Å². The van der Waals surface area contributed by atoms with Gasteiger partial charge in [-0.2, -0.15) is 0 Å². The number of fused-ring (bicyclic) bond motifs is 1. The molecule has 1 aromatic heterocycles. The van der Waals surface area contributed by atoms with E-state index in [-0.39, 0.29) is 10.7 Å². The predicted molar refractivity (Wildman–Crippen MR) is 65.4 cm³/mol. The maximum Gasteiger partial charge on any atom is 0.335 e. The number of carboxylic acid groups (broad SMARTS) is 1. The van der Waals surface area contributed by atoms with E-state index in [1.54, 1.807) is 24.3 Å². The Morgan fingerprint density at radius 3 is 2.61 bits per heavy atom. The lowest BCUT2D eigenvalue weighted by molar-refractivity contribution is -0.153. The van der Waals surface area contributed by atoms with Crippen molar-refractivity contribution in [2.24, 2.45) is 0 Å². The summed E-state index contributed by atoms with van der Waals surface area (Å²) in [5.41, 5.74) is 0.716. The first-order valence-electron chi connectivity index (χ1n) is 5.15. The summed E-state index contributed by atoms with van der Waals surface area (Å²) in [5, 5.41) is 28.4. The summed E-state index contributed by atoms with van der Waals surface area (Å²) >= 11 is 5.87. The lowest BCUT2D eigenvalue weighted by atomic mass is 10.0. The Hall–Kier alpha value is -1.69. The van der Waals surface area contributed by atoms with E-state index in [1.165, 1.54) is 6.07 Å². The van der Waals surface area contributed by atoms with Crippen LogP contribution in [0.4, 0.5) is 0 Å². The minimum absolute atomic E-state index is 0.0264. The van der Waals surface area contributed by atoms with E-state index in [2.05, 4.69) is 4.98 Å². The number of carbonyl (C=O) groups is 1. The largest absolute Gasteiger partial charge is 0.479 e. The summed E-state index contributed by atoms with van der Waals surface area (Å²) in [4.78, 5) is 14.7. The Kier molecular flexibility index (Phi) is 3.47. The Labute approximate surface area is 107 Å². The van der Waals surface area contributed by atoms with Crippen LogP contribution in [0.3, 0.4) is 0 Å². The Bertz CT molecular complexity index is 602. The van der Waals surface area contributed by atoms with Crippen LogP contribution in [0.25, 0.3) is 10.9 Å². The summed E-state index contributed by atoms with van der Waals surface area (Å²) < 4.78 is 0. The van der Waals surface area contributed by atoms with Crippen LogP contribution >= 0.6 is 11.6 Å². The van der Waals surface area contributed by atoms with Gasteiger partial charge in [-0.05, 0) is 12.1 Å². The zero-order valence-corrected chi connectivity index (χ0v) is 9.87. The number of hydrogen-bond donors (Lipinski definition) is 3. The van der Waals surface area contributed by atoms with Gasteiger partial charge in [0.05, 0.1) is 5.52 Å². The Morgan fingerprint density at radius 2 is 1.94 bits per heavy atom. The molecular weight excluding hydrogens is 258 g/mol. The van der Waals surface area contributed by atoms with Crippen LogP contribution in [0, 0.1) is 0 Å². The van der Waals surface area contributed by atoms with Crippen molar-refractivity contribution in [2.45, 2.75) is 12.2 Å². The second-order valence-corrected chi connectivity index (χ2v) is 4.15. The molecule has 2 aromatic rings. The highest BCUT2D eigenvalue weighted by Gasteiger charge is 2.27.